The largest absolute Gasteiger partial charge is 0.389 e. The first kappa shape index (κ1) is 8.93. The van der Waals surface area contributed by atoms with Crippen LogP contribution in [0.2, 0.25) is 0 Å². The van der Waals surface area contributed by atoms with Gasteiger partial charge in [-0.1, -0.05) is 0 Å². The van der Waals surface area contributed by atoms with Gasteiger partial charge >= 0.3 is 0 Å². The molecular formula is C8H13N3O. The fraction of sp³-hybridized carbons (Fsp3) is 0.500. The van der Waals surface area contributed by atoms with E-state index in [1.165, 1.54) is 0 Å². The lowest BCUT2D eigenvalue weighted by atomic mass is 10.1. The van der Waals surface area contributed by atoms with Gasteiger partial charge in [0, 0.05) is 18.9 Å². The van der Waals surface area contributed by atoms with Gasteiger partial charge in [-0.15, -0.1) is 0 Å². The van der Waals surface area contributed by atoms with Crippen molar-refractivity contribution >= 4 is 5.95 Å². The minimum atomic E-state index is -0.737. The van der Waals surface area contributed by atoms with Gasteiger partial charge in [0.15, 0.2) is 0 Å². The highest BCUT2D eigenvalue weighted by atomic mass is 16.3. The van der Waals surface area contributed by atoms with Crippen molar-refractivity contribution in [1.29, 1.82) is 0 Å². The lowest BCUT2D eigenvalue weighted by Gasteiger charge is -2.17. The molecule has 2 N–H and O–H groups in total. The van der Waals surface area contributed by atoms with Gasteiger partial charge in [-0.3, -0.25) is 0 Å². The molecule has 1 aromatic rings. The third-order valence-corrected chi connectivity index (χ3v) is 1.24. The van der Waals surface area contributed by atoms with Gasteiger partial charge in [0.2, 0.25) is 5.95 Å². The lowest BCUT2D eigenvalue weighted by Crippen LogP contribution is -2.29. The van der Waals surface area contributed by atoms with E-state index >= 15 is 0 Å². The van der Waals surface area contributed by atoms with Crippen molar-refractivity contribution in [3.05, 3.63) is 18.5 Å². The van der Waals surface area contributed by atoms with Crippen molar-refractivity contribution in [3.8, 4) is 0 Å². The Morgan fingerprint density at radius 1 is 1.42 bits per heavy atom. The smallest absolute Gasteiger partial charge is 0.222 e. The Kier molecular flexibility index (Phi) is 2.60. The summed E-state index contributed by atoms with van der Waals surface area (Å²) in [5, 5.41) is 12.3. The van der Waals surface area contributed by atoms with Gasteiger partial charge < -0.3 is 10.4 Å². The molecule has 1 heterocycles. The number of rotatable bonds is 3. The van der Waals surface area contributed by atoms with E-state index in [9.17, 15) is 5.11 Å². The molecule has 0 bridgehead atoms. The Morgan fingerprint density at radius 2 is 2.00 bits per heavy atom. The zero-order valence-electron chi connectivity index (χ0n) is 7.28. The molecule has 0 saturated carbocycles. The molecule has 1 rings (SSSR count). The predicted molar refractivity (Wildman–Crippen MR) is 46.8 cm³/mol. The van der Waals surface area contributed by atoms with Gasteiger partial charge in [0.25, 0.3) is 0 Å². The molecule has 0 radical (unpaired) electrons. The van der Waals surface area contributed by atoms with Gasteiger partial charge in [-0.05, 0) is 19.9 Å². The molecule has 0 amide bonds. The molecule has 0 aliphatic carbocycles. The fourth-order valence-electron chi connectivity index (χ4n) is 0.686. The molecular weight excluding hydrogens is 154 g/mol. The summed E-state index contributed by atoms with van der Waals surface area (Å²) in [5.74, 6) is 0.541. The van der Waals surface area contributed by atoms with Crippen molar-refractivity contribution in [2.24, 2.45) is 0 Å². The molecule has 0 aliphatic heterocycles. The molecule has 0 spiro atoms. The number of anilines is 1. The van der Waals surface area contributed by atoms with Crippen LogP contribution in [0.1, 0.15) is 13.8 Å². The summed E-state index contributed by atoms with van der Waals surface area (Å²) >= 11 is 0. The molecule has 0 atom stereocenters. The number of aliphatic hydroxyl groups is 1. The van der Waals surface area contributed by atoms with E-state index in [1.807, 2.05) is 0 Å². The highest BCUT2D eigenvalue weighted by Gasteiger charge is 2.11. The highest BCUT2D eigenvalue weighted by Crippen LogP contribution is 2.02. The van der Waals surface area contributed by atoms with Crippen molar-refractivity contribution in [3.63, 3.8) is 0 Å². The minimum absolute atomic E-state index is 0.441. The summed E-state index contributed by atoms with van der Waals surface area (Å²) in [4.78, 5) is 7.90. The molecule has 0 unspecified atom stereocenters. The van der Waals surface area contributed by atoms with Gasteiger partial charge in [-0.25, -0.2) is 9.97 Å². The van der Waals surface area contributed by atoms with Crippen LogP contribution < -0.4 is 5.32 Å². The second-order valence-corrected chi connectivity index (χ2v) is 3.24. The quantitative estimate of drug-likeness (QED) is 0.694. The number of aromatic nitrogens is 2. The van der Waals surface area contributed by atoms with E-state index in [1.54, 1.807) is 32.3 Å². The normalized spacial score (nSPS) is 11.2. The van der Waals surface area contributed by atoms with Crippen LogP contribution in [-0.4, -0.2) is 27.2 Å². The van der Waals surface area contributed by atoms with E-state index in [4.69, 9.17) is 0 Å². The molecule has 12 heavy (non-hydrogen) atoms. The van der Waals surface area contributed by atoms with Crippen LogP contribution in [0.15, 0.2) is 18.5 Å². The zero-order valence-corrected chi connectivity index (χ0v) is 7.28. The highest BCUT2D eigenvalue weighted by molar-refractivity contribution is 5.22. The number of hydrogen-bond donors (Lipinski definition) is 2. The average molecular weight is 167 g/mol. The van der Waals surface area contributed by atoms with Crippen molar-refractivity contribution in [1.82, 2.24) is 9.97 Å². The van der Waals surface area contributed by atoms with Crippen LogP contribution in [-0.2, 0) is 0 Å². The van der Waals surface area contributed by atoms with Gasteiger partial charge in [-0.2, -0.15) is 0 Å². The first-order valence-corrected chi connectivity index (χ1v) is 3.81. The summed E-state index contributed by atoms with van der Waals surface area (Å²) in [6.45, 7) is 3.89. The maximum Gasteiger partial charge on any atom is 0.222 e. The summed E-state index contributed by atoms with van der Waals surface area (Å²) in [6, 6.07) is 1.75. The standard InChI is InChI=1S/C8H13N3O/c1-8(2,12)6-11-7-9-4-3-5-10-7/h3-5,12H,6H2,1-2H3,(H,9,10,11). The Morgan fingerprint density at radius 3 is 2.50 bits per heavy atom. The van der Waals surface area contributed by atoms with Crippen LogP contribution in [0.4, 0.5) is 5.95 Å². The summed E-state index contributed by atoms with van der Waals surface area (Å²) in [6.07, 6.45) is 3.30. The van der Waals surface area contributed by atoms with Gasteiger partial charge in [0.05, 0.1) is 5.60 Å². The summed E-state index contributed by atoms with van der Waals surface area (Å²) in [5.41, 5.74) is -0.737. The predicted octanol–water partition coefficient (Wildman–Crippen LogP) is 0.659. The zero-order chi connectivity index (χ0) is 9.03. The average Bonchev–Trinajstić information content (AvgIpc) is 2.02. The van der Waals surface area contributed by atoms with Crippen LogP contribution in [0.25, 0.3) is 0 Å². The molecule has 0 fully saturated rings. The number of hydrogen-bond acceptors (Lipinski definition) is 4. The Hall–Kier alpha value is -1.16. The molecule has 0 aromatic carbocycles. The molecule has 4 nitrogen and oxygen atoms in total. The Bertz CT molecular complexity index is 230. The third kappa shape index (κ3) is 3.30. The fourth-order valence-corrected chi connectivity index (χ4v) is 0.686. The second-order valence-electron chi connectivity index (χ2n) is 3.24. The molecule has 4 heteroatoms. The van der Waals surface area contributed by atoms with E-state index in [0.717, 1.165) is 0 Å². The van der Waals surface area contributed by atoms with E-state index in [-0.39, 0.29) is 0 Å². The first-order chi connectivity index (χ1) is 5.58. The second kappa shape index (κ2) is 3.49. The minimum Gasteiger partial charge on any atom is -0.389 e. The Labute approximate surface area is 71.7 Å². The van der Waals surface area contributed by atoms with E-state index in [2.05, 4.69) is 15.3 Å². The maximum absolute atomic E-state index is 9.36. The molecule has 0 saturated heterocycles. The number of nitrogens with zero attached hydrogens (tertiary/aromatic N) is 2. The van der Waals surface area contributed by atoms with Crippen LogP contribution in [0.5, 0.6) is 0 Å². The topological polar surface area (TPSA) is 58.0 Å². The third-order valence-electron chi connectivity index (χ3n) is 1.24. The first-order valence-electron chi connectivity index (χ1n) is 3.81. The summed E-state index contributed by atoms with van der Waals surface area (Å²) in [7, 11) is 0. The Balaban J connectivity index is 2.44. The van der Waals surface area contributed by atoms with Crippen molar-refractivity contribution in [2.75, 3.05) is 11.9 Å². The van der Waals surface area contributed by atoms with Crippen molar-refractivity contribution in [2.45, 2.75) is 19.4 Å². The van der Waals surface area contributed by atoms with Gasteiger partial charge in [0.1, 0.15) is 0 Å². The van der Waals surface area contributed by atoms with Crippen LogP contribution >= 0.6 is 0 Å². The maximum atomic E-state index is 9.36. The lowest BCUT2D eigenvalue weighted by molar-refractivity contribution is 0.0943. The number of nitrogens with one attached hydrogen (secondary N) is 1. The monoisotopic (exact) mass is 167 g/mol. The summed E-state index contributed by atoms with van der Waals surface area (Å²) < 4.78 is 0. The van der Waals surface area contributed by atoms with Crippen LogP contribution in [0, 0.1) is 0 Å². The van der Waals surface area contributed by atoms with E-state index in [0.29, 0.717) is 12.5 Å². The molecule has 1 aromatic heterocycles. The molecule has 66 valence electrons. The van der Waals surface area contributed by atoms with Crippen molar-refractivity contribution < 1.29 is 5.11 Å². The van der Waals surface area contributed by atoms with Crippen LogP contribution in [0.3, 0.4) is 0 Å². The molecule has 0 aliphatic rings. The van der Waals surface area contributed by atoms with E-state index < -0.39 is 5.60 Å². The SMILES string of the molecule is CC(C)(O)CNc1ncccn1.